The second-order valence-electron chi connectivity index (χ2n) is 6.77. The third-order valence-electron chi connectivity index (χ3n) is 5.65. The molecular weight excluding hydrogens is 220 g/mol. The van der Waals surface area contributed by atoms with Crippen molar-refractivity contribution in [3.8, 4) is 0 Å². The number of rotatable bonds is 0. The van der Waals surface area contributed by atoms with E-state index >= 15 is 0 Å². The highest BCUT2D eigenvalue weighted by molar-refractivity contribution is 6.43. The largest absolute Gasteiger partial charge is 0.282 e. The molecule has 0 saturated heterocycles. The van der Waals surface area contributed by atoms with Crippen LogP contribution in [0.2, 0.25) is 0 Å². The zero-order valence-electron chi connectivity index (χ0n) is 11.3. The summed E-state index contributed by atoms with van der Waals surface area (Å²) in [5.74, 6) is 1.95. The van der Waals surface area contributed by atoms with Gasteiger partial charge in [-0.1, -0.05) is 25.7 Å². The number of hydrogen-bond donors (Lipinski definition) is 0. The van der Waals surface area contributed by atoms with E-state index in [-0.39, 0.29) is 0 Å². The molecule has 0 N–H and O–H groups in total. The Bertz CT molecular complexity index is 358. The van der Waals surface area contributed by atoms with Gasteiger partial charge in [-0.3, -0.25) is 9.98 Å². The Morgan fingerprint density at radius 2 is 1.17 bits per heavy atom. The molecule has 4 unspecified atom stereocenters. The van der Waals surface area contributed by atoms with Crippen molar-refractivity contribution in [3.05, 3.63) is 0 Å². The van der Waals surface area contributed by atoms with Crippen LogP contribution in [0.15, 0.2) is 9.98 Å². The maximum Gasteiger partial charge on any atom is 0.0729 e. The van der Waals surface area contributed by atoms with Crippen molar-refractivity contribution in [2.75, 3.05) is 0 Å². The molecule has 3 fully saturated rings. The summed E-state index contributed by atoms with van der Waals surface area (Å²) in [7, 11) is 0. The van der Waals surface area contributed by atoms with Crippen LogP contribution in [-0.2, 0) is 0 Å². The van der Waals surface area contributed by atoms with E-state index < -0.39 is 0 Å². The standard InChI is InChI=1S/C16H24N2/c1-2-6-12-10-16-15(9-11(12)5-1)17-13-7-3-4-8-14(13)18-16/h11-12,15-16H,1-10H2. The van der Waals surface area contributed by atoms with Crippen LogP contribution in [-0.4, -0.2) is 23.5 Å². The molecule has 3 aliphatic carbocycles. The lowest BCUT2D eigenvalue weighted by molar-refractivity contribution is 0.141. The van der Waals surface area contributed by atoms with E-state index in [1.165, 1.54) is 75.6 Å². The Morgan fingerprint density at radius 3 is 1.67 bits per heavy atom. The van der Waals surface area contributed by atoms with Crippen molar-refractivity contribution in [1.82, 2.24) is 0 Å². The molecule has 4 aliphatic rings. The quantitative estimate of drug-likeness (QED) is 0.619. The molecule has 2 nitrogen and oxygen atoms in total. The van der Waals surface area contributed by atoms with Gasteiger partial charge in [0.2, 0.25) is 0 Å². The molecule has 0 aromatic carbocycles. The maximum absolute atomic E-state index is 5.10. The molecule has 1 heterocycles. The van der Waals surface area contributed by atoms with Gasteiger partial charge in [-0.15, -0.1) is 0 Å². The molecule has 4 atom stereocenters. The van der Waals surface area contributed by atoms with Gasteiger partial charge < -0.3 is 0 Å². The highest BCUT2D eigenvalue weighted by atomic mass is 15.0. The molecule has 0 bridgehead atoms. The van der Waals surface area contributed by atoms with Gasteiger partial charge in [0, 0.05) is 0 Å². The molecule has 98 valence electrons. The average molecular weight is 244 g/mol. The van der Waals surface area contributed by atoms with Crippen LogP contribution >= 0.6 is 0 Å². The molecule has 1 aliphatic heterocycles. The highest BCUT2D eigenvalue weighted by Gasteiger charge is 2.40. The first-order valence-electron chi connectivity index (χ1n) is 8.04. The second kappa shape index (κ2) is 4.47. The third kappa shape index (κ3) is 1.85. The molecule has 0 spiro atoms. The SMILES string of the molecule is C1CCC2=NC3CC4CCCCC4CC3N=C2C1. The summed E-state index contributed by atoms with van der Waals surface area (Å²) in [5, 5.41) is 0. The Kier molecular flexibility index (Phi) is 2.78. The summed E-state index contributed by atoms with van der Waals surface area (Å²) in [6.45, 7) is 0. The smallest absolute Gasteiger partial charge is 0.0729 e. The van der Waals surface area contributed by atoms with Crippen LogP contribution in [0, 0.1) is 11.8 Å². The highest BCUT2D eigenvalue weighted by Crippen LogP contribution is 2.43. The minimum absolute atomic E-state index is 0.557. The lowest BCUT2D eigenvalue weighted by atomic mass is 9.67. The summed E-state index contributed by atoms with van der Waals surface area (Å²) < 4.78 is 0. The van der Waals surface area contributed by atoms with Crippen LogP contribution in [0.5, 0.6) is 0 Å². The first-order chi connectivity index (χ1) is 8.90. The molecular formula is C16H24N2. The van der Waals surface area contributed by atoms with Crippen molar-refractivity contribution in [2.45, 2.75) is 76.3 Å². The number of fused-ring (bicyclic) bond motifs is 3. The number of hydrogen-bond acceptors (Lipinski definition) is 2. The fourth-order valence-corrected chi connectivity index (χ4v) is 4.67. The van der Waals surface area contributed by atoms with Gasteiger partial charge in [-0.05, 0) is 50.4 Å². The van der Waals surface area contributed by atoms with Gasteiger partial charge in [0.15, 0.2) is 0 Å². The fourth-order valence-electron chi connectivity index (χ4n) is 4.67. The summed E-state index contributed by atoms with van der Waals surface area (Å²) in [6, 6.07) is 1.11. The van der Waals surface area contributed by atoms with Crippen molar-refractivity contribution in [2.24, 2.45) is 21.8 Å². The first-order valence-corrected chi connectivity index (χ1v) is 8.04. The summed E-state index contributed by atoms with van der Waals surface area (Å²) in [4.78, 5) is 10.2. The van der Waals surface area contributed by atoms with Crippen molar-refractivity contribution < 1.29 is 0 Å². The Morgan fingerprint density at radius 1 is 0.667 bits per heavy atom. The Balaban J connectivity index is 1.57. The van der Waals surface area contributed by atoms with Crippen molar-refractivity contribution in [3.63, 3.8) is 0 Å². The minimum atomic E-state index is 0.557. The van der Waals surface area contributed by atoms with Crippen LogP contribution in [0.25, 0.3) is 0 Å². The lowest BCUT2D eigenvalue weighted by Crippen LogP contribution is -2.43. The number of aliphatic imine (C=N–C) groups is 2. The predicted molar refractivity (Wildman–Crippen MR) is 75.6 cm³/mol. The van der Waals surface area contributed by atoms with E-state index in [1.807, 2.05) is 0 Å². The zero-order valence-corrected chi connectivity index (χ0v) is 11.3. The van der Waals surface area contributed by atoms with E-state index in [4.69, 9.17) is 9.98 Å². The van der Waals surface area contributed by atoms with Gasteiger partial charge in [0.1, 0.15) is 0 Å². The van der Waals surface area contributed by atoms with E-state index in [9.17, 15) is 0 Å². The fraction of sp³-hybridized carbons (Fsp3) is 0.875. The van der Waals surface area contributed by atoms with E-state index in [0.29, 0.717) is 12.1 Å². The maximum atomic E-state index is 5.10. The predicted octanol–water partition coefficient (Wildman–Crippen LogP) is 3.79. The van der Waals surface area contributed by atoms with Crippen LogP contribution in [0.1, 0.15) is 64.2 Å². The zero-order chi connectivity index (χ0) is 11.9. The lowest BCUT2D eigenvalue weighted by Gasteiger charge is -2.43. The average Bonchev–Trinajstić information content (AvgIpc) is 2.42. The first kappa shape index (κ1) is 11.2. The topological polar surface area (TPSA) is 24.7 Å². The summed E-state index contributed by atoms with van der Waals surface area (Å²) in [5.41, 5.74) is 2.77. The molecule has 18 heavy (non-hydrogen) atoms. The third-order valence-corrected chi connectivity index (χ3v) is 5.65. The number of nitrogens with zero attached hydrogens (tertiary/aromatic N) is 2. The normalized spacial score (nSPS) is 43.1. The molecule has 2 heteroatoms. The molecule has 0 aromatic heterocycles. The molecule has 3 saturated carbocycles. The van der Waals surface area contributed by atoms with E-state index in [1.54, 1.807) is 0 Å². The van der Waals surface area contributed by atoms with Crippen molar-refractivity contribution in [1.29, 1.82) is 0 Å². The van der Waals surface area contributed by atoms with Gasteiger partial charge in [0.05, 0.1) is 23.5 Å². The van der Waals surface area contributed by atoms with Gasteiger partial charge >= 0.3 is 0 Å². The minimum Gasteiger partial charge on any atom is -0.282 e. The molecule has 4 rings (SSSR count). The van der Waals surface area contributed by atoms with Gasteiger partial charge in [-0.2, -0.15) is 0 Å². The second-order valence-corrected chi connectivity index (χ2v) is 6.77. The van der Waals surface area contributed by atoms with Crippen molar-refractivity contribution >= 4 is 11.4 Å². The molecule has 0 aromatic rings. The Labute approximate surface area is 110 Å². The van der Waals surface area contributed by atoms with Gasteiger partial charge in [-0.25, -0.2) is 0 Å². The monoisotopic (exact) mass is 244 g/mol. The molecule has 0 radical (unpaired) electrons. The van der Waals surface area contributed by atoms with Gasteiger partial charge in [0.25, 0.3) is 0 Å². The van der Waals surface area contributed by atoms with E-state index in [2.05, 4.69) is 0 Å². The summed E-state index contributed by atoms with van der Waals surface area (Å²) >= 11 is 0. The van der Waals surface area contributed by atoms with Crippen LogP contribution in [0.4, 0.5) is 0 Å². The van der Waals surface area contributed by atoms with Crippen LogP contribution in [0.3, 0.4) is 0 Å². The van der Waals surface area contributed by atoms with Crippen LogP contribution < -0.4 is 0 Å². The summed E-state index contributed by atoms with van der Waals surface area (Å²) in [6.07, 6.45) is 13.6. The molecule has 0 amide bonds. The van der Waals surface area contributed by atoms with E-state index in [0.717, 1.165) is 11.8 Å². The Hall–Kier alpha value is -0.660.